The van der Waals surface area contributed by atoms with Gasteiger partial charge in [-0.1, -0.05) is 17.4 Å². The van der Waals surface area contributed by atoms with Crippen LogP contribution < -0.4 is 10.3 Å². The molecule has 106 valence electrons. The summed E-state index contributed by atoms with van der Waals surface area (Å²) in [4.78, 5) is 16.7. The Morgan fingerprint density at radius 3 is 2.90 bits per heavy atom. The molecule has 6 heteroatoms. The van der Waals surface area contributed by atoms with Gasteiger partial charge in [0.25, 0.3) is 5.84 Å². The molecule has 4 nitrogen and oxygen atoms in total. The minimum absolute atomic E-state index is 0.259. The molecular weight excluding hydrogens is 292 g/mol. The van der Waals surface area contributed by atoms with Gasteiger partial charge in [0.15, 0.2) is 5.00 Å². The van der Waals surface area contributed by atoms with E-state index in [0.717, 1.165) is 21.3 Å². The summed E-state index contributed by atoms with van der Waals surface area (Å²) in [6.45, 7) is 4.11. The average Bonchev–Trinajstić information content (AvgIpc) is 3.05. The normalized spacial score (nSPS) is 11.4. The van der Waals surface area contributed by atoms with E-state index in [0.29, 0.717) is 11.5 Å². The van der Waals surface area contributed by atoms with E-state index < -0.39 is 0 Å². The van der Waals surface area contributed by atoms with Gasteiger partial charge in [-0.05, 0) is 30.9 Å². The number of rotatable bonds is 4. The first-order valence-electron chi connectivity index (χ1n) is 6.28. The molecule has 2 N–H and O–H groups in total. The number of esters is 1. The van der Waals surface area contributed by atoms with E-state index in [1.54, 1.807) is 11.3 Å². The average molecular weight is 309 g/mol. The number of thiophene rings is 2. The lowest BCUT2D eigenvalue weighted by atomic mass is 10.3. The third-order valence-electron chi connectivity index (χ3n) is 2.64. The van der Waals surface area contributed by atoms with Crippen molar-refractivity contribution in [1.29, 1.82) is 0 Å². The van der Waals surface area contributed by atoms with E-state index >= 15 is 0 Å². The molecule has 0 spiro atoms. The van der Waals surface area contributed by atoms with Crippen LogP contribution in [0.25, 0.3) is 0 Å². The topological polar surface area (TPSA) is 52.3 Å². The first-order chi connectivity index (χ1) is 9.65. The van der Waals surface area contributed by atoms with Crippen molar-refractivity contribution in [1.82, 2.24) is 0 Å². The second-order valence-corrected chi connectivity index (χ2v) is 6.07. The Kier molecular flexibility index (Phi) is 4.92. The molecule has 0 aromatic carbocycles. The number of hydrogen-bond acceptors (Lipinski definition) is 4. The quantitative estimate of drug-likeness (QED) is 0.515. The molecule has 0 radical (unpaired) electrons. The van der Waals surface area contributed by atoms with Crippen LogP contribution >= 0.6 is 22.7 Å². The first kappa shape index (κ1) is 14.7. The summed E-state index contributed by atoms with van der Waals surface area (Å²) in [5, 5.41) is 6.26. The zero-order valence-electron chi connectivity index (χ0n) is 11.6. The minimum Gasteiger partial charge on any atom is -0.462 e. The Labute approximate surface area is 126 Å². The summed E-state index contributed by atoms with van der Waals surface area (Å²) < 4.78 is 5.05. The van der Waals surface area contributed by atoms with Crippen LogP contribution in [0.15, 0.2) is 23.6 Å². The summed E-state index contributed by atoms with van der Waals surface area (Å²) in [7, 11) is 1.87. The molecule has 0 saturated heterocycles. The van der Waals surface area contributed by atoms with Crippen LogP contribution in [0.3, 0.4) is 0 Å². The molecule has 0 bridgehead atoms. The van der Waals surface area contributed by atoms with Crippen LogP contribution in [0.4, 0.5) is 5.00 Å². The molecular formula is C14H17N2O2S2+. The number of carbonyl (C=O) groups excluding carboxylic acids is 1. The SMILES string of the molecule is CCOC(=O)c1sc(NC(=[NH+]C)c2cccs2)cc1C. The maximum atomic E-state index is 11.8. The van der Waals surface area contributed by atoms with Gasteiger partial charge in [0.1, 0.15) is 9.75 Å². The van der Waals surface area contributed by atoms with Crippen molar-refractivity contribution >= 4 is 39.5 Å². The highest BCUT2D eigenvalue weighted by molar-refractivity contribution is 7.18. The van der Waals surface area contributed by atoms with E-state index in [2.05, 4.69) is 10.3 Å². The number of carbonyl (C=O) groups is 1. The fourth-order valence-electron chi connectivity index (χ4n) is 1.73. The summed E-state index contributed by atoms with van der Waals surface area (Å²) in [6, 6.07) is 6.00. The standard InChI is InChI=1S/C14H16N2O2S2/c1-4-18-14(17)12-9(2)8-11(20-12)16-13(15-3)10-6-5-7-19-10/h5-8H,4H2,1-3H3,(H,15,16)/p+1. The predicted molar refractivity (Wildman–Crippen MR) is 83.9 cm³/mol. The van der Waals surface area contributed by atoms with Gasteiger partial charge in [-0.3, -0.25) is 4.99 Å². The Morgan fingerprint density at radius 2 is 2.30 bits per heavy atom. The Bertz CT molecular complexity index is 615. The molecule has 2 aromatic heterocycles. The summed E-state index contributed by atoms with van der Waals surface area (Å²) in [6.07, 6.45) is 0. The van der Waals surface area contributed by atoms with Gasteiger partial charge in [-0.25, -0.2) is 10.1 Å². The van der Waals surface area contributed by atoms with Crippen LogP contribution in [0.1, 0.15) is 27.0 Å². The van der Waals surface area contributed by atoms with Crippen molar-refractivity contribution in [2.24, 2.45) is 0 Å². The lowest BCUT2D eigenvalue weighted by molar-refractivity contribution is -0.418. The number of aryl methyl sites for hydroxylation is 1. The van der Waals surface area contributed by atoms with E-state index in [-0.39, 0.29) is 5.97 Å². The molecule has 0 amide bonds. The molecule has 0 fully saturated rings. The first-order valence-corrected chi connectivity index (χ1v) is 7.98. The molecule has 0 saturated carbocycles. The second-order valence-electron chi connectivity index (χ2n) is 4.07. The van der Waals surface area contributed by atoms with Crippen LogP contribution in [0.5, 0.6) is 0 Å². The third-order valence-corrected chi connectivity index (χ3v) is 4.66. The maximum Gasteiger partial charge on any atom is 0.348 e. The molecule has 2 aromatic rings. The number of ether oxygens (including phenoxy) is 1. The number of amidine groups is 1. The molecule has 2 rings (SSSR count). The van der Waals surface area contributed by atoms with Crippen LogP contribution in [-0.4, -0.2) is 25.5 Å². The molecule has 0 atom stereocenters. The highest BCUT2D eigenvalue weighted by Gasteiger charge is 2.19. The van der Waals surface area contributed by atoms with E-state index in [1.165, 1.54) is 11.3 Å². The van der Waals surface area contributed by atoms with Gasteiger partial charge < -0.3 is 4.74 Å². The lowest BCUT2D eigenvalue weighted by Crippen LogP contribution is -2.70. The second kappa shape index (κ2) is 6.67. The molecule has 0 unspecified atom stereocenters. The summed E-state index contributed by atoms with van der Waals surface area (Å²) in [5.41, 5.74) is 0.928. The van der Waals surface area contributed by atoms with Gasteiger partial charge in [-0.2, -0.15) is 0 Å². The Morgan fingerprint density at radius 1 is 1.50 bits per heavy atom. The van der Waals surface area contributed by atoms with Gasteiger partial charge in [0.05, 0.1) is 13.7 Å². The monoisotopic (exact) mass is 309 g/mol. The van der Waals surface area contributed by atoms with E-state index in [9.17, 15) is 4.79 Å². The van der Waals surface area contributed by atoms with Crippen molar-refractivity contribution in [3.8, 4) is 0 Å². The van der Waals surface area contributed by atoms with E-state index in [1.807, 2.05) is 44.5 Å². The molecule has 20 heavy (non-hydrogen) atoms. The van der Waals surface area contributed by atoms with Crippen LogP contribution in [0.2, 0.25) is 0 Å². The summed E-state index contributed by atoms with van der Waals surface area (Å²) in [5.74, 6) is 0.668. The van der Waals surface area contributed by atoms with Crippen molar-refractivity contribution in [2.45, 2.75) is 13.8 Å². The zero-order valence-corrected chi connectivity index (χ0v) is 13.3. The van der Waals surface area contributed by atoms with Crippen LogP contribution in [-0.2, 0) is 4.74 Å². The fraction of sp³-hybridized carbons (Fsp3) is 0.286. The molecule has 2 heterocycles. The number of anilines is 1. The van der Waals surface area contributed by atoms with Crippen molar-refractivity contribution in [3.63, 3.8) is 0 Å². The zero-order chi connectivity index (χ0) is 14.5. The number of hydrogen-bond donors (Lipinski definition) is 2. The van der Waals surface area contributed by atoms with Gasteiger partial charge in [0.2, 0.25) is 0 Å². The maximum absolute atomic E-state index is 11.8. The van der Waals surface area contributed by atoms with Crippen molar-refractivity contribution in [3.05, 3.63) is 38.9 Å². The minimum atomic E-state index is -0.259. The van der Waals surface area contributed by atoms with E-state index in [4.69, 9.17) is 4.74 Å². The predicted octanol–water partition coefficient (Wildman–Crippen LogP) is 1.86. The molecule has 0 aliphatic carbocycles. The lowest BCUT2D eigenvalue weighted by Gasteiger charge is -1.98. The Hall–Kier alpha value is -1.66. The highest BCUT2D eigenvalue weighted by atomic mass is 32.1. The third kappa shape index (κ3) is 3.26. The largest absolute Gasteiger partial charge is 0.462 e. The highest BCUT2D eigenvalue weighted by Crippen LogP contribution is 2.27. The van der Waals surface area contributed by atoms with Crippen molar-refractivity contribution < 1.29 is 14.5 Å². The fourth-order valence-corrected chi connectivity index (χ4v) is 3.44. The molecule has 0 aliphatic heterocycles. The molecule has 0 aliphatic rings. The smallest absolute Gasteiger partial charge is 0.348 e. The van der Waals surface area contributed by atoms with Crippen LogP contribution in [0, 0.1) is 6.92 Å². The van der Waals surface area contributed by atoms with Gasteiger partial charge in [-0.15, -0.1) is 11.3 Å². The number of nitrogens with one attached hydrogen (secondary N) is 2. The van der Waals surface area contributed by atoms with Gasteiger partial charge in [0, 0.05) is 6.07 Å². The summed E-state index contributed by atoms with van der Waals surface area (Å²) >= 11 is 3.06. The Balaban J connectivity index is 2.18. The van der Waals surface area contributed by atoms with Gasteiger partial charge >= 0.3 is 5.97 Å². The van der Waals surface area contributed by atoms with Crippen molar-refractivity contribution in [2.75, 3.05) is 19.0 Å².